The molecule has 0 bridgehead atoms. The molecule has 0 heterocycles. The van der Waals surface area contributed by atoms with Crippen molar-refractivity contribution in [3.8, 4) is 0 Å². The van der Waals surface area contributed by atoms with Crippen LogP contribution in [-0.4, -0.2) is 19.0 Å². The summed E-state index contributed by atoms with van der Waals surface area (Å²) >= 11 is 0. The zero-order chi connectivity index (χ0) is 16.4. The van der Waals surface area contributed by atoms with Crippen molar-refractivity contribution in [2.24, 2.45) is 0 Å². The molecule has 0 spiro atoms. The quantitative estimate of drug-likeness (QED) is 0.509. The van der Waals surface area contributed by atoms with Gasteiger partial charge in [0.25, 0.3) is 0 Å². The van der Waals surface area contributed by atoms with E-state index in [4.69, 9.17) is 0 Å². The lowest BCUT2D eigenvalue weighted by Crippen LogP contribution is -2.53. The predicted octanol–water partition coefficient (Wildman–Crippen LogP) is 1.92. The summed E-state index contributed by atoms with van der Waals surface area (Å²) in [6, 6.07) is 24.2. The van der Waals surface area contributed by atoms with Gasteiger partial charge in [0.2, 0.25) is 0 Å². The summed E-state index contributed by atoms with van der Waals surface area (Å²) in [4.78, 5) is 0. The number of hydrogen-bond acceptors (Lipinski definition) is 0. The van der Waals surface area contributed by atoms with E-state index in [-0.39, 0.29) is 0 Å². The third-order valence-electron chi connectivity index (χ3n) is 4.49. The fourth-order valence-corrected chi connectivity index (χ4v) is 6.22. The van der Waals surface area contributed by atoms with Gasteiger partial charge in [-0.15, -0.1) is 0 Å². The van der Waals surface area contributed by atoms with Gasteiger partial charge in [-0.2, -0.15) is 0 Å². The Balaban J connectivity index is 2.26. The Morgan fingerprint density at radius 1 is 0.696 bits per heavy atom. The fraction of sp³-hybridized carbons (Fsp3) is 0.143. The standard InChI is InChI=1S/C21H20Si2/c1-15-14-20(16(2)17(3)21(15)22)23(18-10-6-4-7-11-18)19-12-8-5-9-13-19/h4-14H,1-3H3. The van der Waals surface area contributed by atoms with Gasteiger partial charge in [-0.3, -0.25) is 0 Å². The molecular formula is C21H20Si2. The molecule has 0 unspecified atom stereocenters. The Morgan fingerprint density at radius 3 is 1.65 bits per heavy atom. The summed E-state index contributed by atoms with van der Waals surface area (Å²) in [5.41, 5.74) is 4.07. The maximum Gasteiger partial charge on any atom is 0.154 e. The lowest BCUT2D eigenvalue weighted by atomic mass is 10.1. The van der Waals surface area contributed by atoms with Crippen LogP contribution < -0.4 is 20.7 Å². The Bertz CT molecular complexity index is 769. The molecule has 0 amide bonds. The fourth-order valence-electron chi connectivity index (χ4n) is 3.03. The van der Waals surface area contributed by atoms with Crippen LogP contribution in [0.25, 0.3) is 0 Å². The molecule has 0 aliphatic heterocycles. The van der Waals surface area contributed by atoms with Gasteiger partial charge >= 0.3 is 0 Å². The first kappa shape index (κ1) is 16.0. The average Bonchev–Trinajstić information content (AvgIpc) is 2.60. The van der Waals surface area contributed by atoms with E-state index in [1.807, 2.05) is 0 Å². The van der Waals surface area contributed by atoms with E-state index < -0.39 is 8.80 Å². The number of aryl methyl sites for hydroxylation is 1. The van der Waals surface area contributed by atoms with Crippen LogP contribution in [0.15, 0.2) is 66.7 Å². The molecule has 112 valence electrons. The summed E-state index contributed by atoms with van der Waals surface area (Å²) in [5, 5.41) is 5.60. The Hall–Kier alpha value is -1.91. The molecule has 0 fully saturated rings. The highest BCUT2D eigenvalue weighted by Crippen LogP contribution is 2.07. The minimum absolute atomic E-state index is 0.990. The lowest BCUT2D eigenvalue weighted by Gasteiger charge is -2.22. The van der Waals surface area contributed by atoms with Gasteiger partial charge in [-0.1, -0.05) is 87.9 Å². The van der Waals surface area contributed by atoms with Crippen molar-refractivity contribution in [2.75, 3.05) is 0 Å². The summed E-state index contributed by atoms with van der Waals surface area (Å²) in [6.45, 7) is 6.65. The zero-order valence-corrected chi connectivity index (χ0v) is 15.9. The highest BCUT2D eigenvalue weighted by molar-refractivity contribution is 6.95. The molecule has 23 heavy (non-hydrogen) atoms. The van der Waals surface area contributed by atoms with Gasteiger partial charge in [0, 0.05) is 0 Å². The normalized spacial score (nSPS) is 11.0. The van der Waals surface area contributed by atoms with Crippen molar-refractivity contribution in [3.05, 3.63) is 83.4 Å². The number of rotatable bonds is 3. The van der Waals surface area contributed by atoms with E-state index in [2.05, 4.69) is 97.7 Å². The van der Waals surface area contributed by atoms with Crippen molar-refractivity contribution < 1.29 is 0 Å². The third kappa shape index (κ3) is 3.10. The minimum Gasteiger partial charge on any atom is -0.0624 e. The van der Waals surface area contributed by atoms with Crippen molar-refractivity contribution in [1.82, 2.24) is 0 Å². The van der Waals surface area contributed by atoms with Crippen LogP contribution in [0, 0.1) is 20.8 Å². The Morgan fingerprint density at radius 2 is 1.17 bits per heavy atom. The second-order valence-corrected chi connectivity index (χ2v) is 8.92. The first-order valence-electron chi connectivity index (χ1n) is 7.90. The summed E-state index contributed by atoms with van der Waals surface area (Å²) in [7, 11) is 2.80. The van der Waals surface area contributed by atoms with Crippen LogP contribution in [0.2, 0.25) is 0 Å². The van der Waals surface area contributed by atoms with Crippen LogP contribution in [0.1, 0.15) is 16.7 Å². The minimum atomic E-state index is -0.990. The van der Waals surface area contributed by atoms with E-state index in [0.717, 1.165) is 0 Å². The second-order valence-electron chi connectivity index (χ2n) is 5.97. The SMILES string of the molecule is Cc1cc([Si](c2ccccc2)c2ccccc2)c(C)c(C)c1[Si]. The molecule has 0 nitrogen and oxygen atoms in total. The smallest absolute Gasteiger partial charge is 0.0624 e. The molecule has 0 saturated carbocycles. The van der Waals surface area contributed by atoms with Crippen LogP contribution in [0.4, 0.5) is 0 Å². The zero-order valence-electron chi connectivity index (χ0n) is 13.9. The molecule has 0 atom stereocenters. The van der Waals surface area contributed by atoms with Crippen LogP contribution >= 0.6 is 0 Å². The number of hydrogen-bond donors (Lipinski definition) is 0. The molecule has 3 aromatic rings. The van der Waals surface area contributed by atoms with Crippen LogP contribution in [-0.2, 0) is 0 Å². The Labute approximate surface area is 144 Å². The molecule has 0 aliphatic rings. The van der Waals surface area contributed by atoms with Gasteiger partial charge in [-0.25, -0.2) is 0 Å². The van der Waals surface area contributed by atoms with Gasteiger partial charge in [-0.05, 0) is 37.1 Å². The monoisotopic (exact) mass is 328 g/mol. The van der Waals surface area contributed by atoms with E-state index in [9.17, 15) is 0 Å². The molecule has 3 rings (SSSR count). The van der Waals surface area contributed by atoms with Gasteiger partial charge in [0.15, 0.2) is 8.80 Å². The van der Waals surface area contributed by atoms with Crippen LogP contribution in [0.5, 0.6) is 0 Å². The topological polar surface area (TPSA) is 0 Å². The molecule has 0 aromatic heterocycles. The van der Waals surface area contributed by atoms with E-state index in [1.165, 1.54) is 37.4 Å². The largest absolute Gasteiger partial charge is 0.154 e. The predicted molar refractivity (Wildman–Crippen MR) is 104 cm³/mol. The first-order valence-corrected chi connectivity index (χ1v) is 9.90. The maximum absolute atomic E-state index is 3.79. The molecule has 3 aromatic carbocycles. The van der Waals surface area contributed by atoms with Crippen molar-refractivity contribution in [1.29, 1.82) is 0 Å². The molecule has 0 N–H and O–H groups in total. The Kier molecular flexibility index (Phi) is 4.64. The van der Waals surface area contributed by atoms with E-state index >= 15 is 0 Å². The van der Waals surface area contributed by atoms with Crippen molar-refractivity contribution in [2.45, 2.75) is 20.8 Å². The highest BCUT2D eigenvalue weighted by atomic mass is 28.3. The van der Waals surface area contributed by atoms with Gasteiger partial charge in [0.05, 0.1) is 10.2 Å². The third-order valence-corrected chi connectivity index (χ3v) is 8.14. The molecule has 0 aliphatic carbocycles. The first-order chi connectivity index (χ1) is 11.1. The van der Waals surface area contributed by atoms with Crippen molar-refractivity contribution in [3.63, 3.8) is 0 Å². The summed E-state index contributed by atoms with van der Waals surface area (Å²) in [5.74, 6) is 0. The molecular weight excluding hydrogens is 308 g/mol. The average molecular weight is 329 g/mol. The van der Waals surface area contributed by atoms with E-state index in [1.54, 1.807) is 0 Å². The van der Waals surface area contributed by atoms with Gasteiger partial charge < -0.3 is 0 Å². The summed E-state index contributed by atoms with van der Waals surface area (Å²) in [6.07, 6.45) is 0. The molecule has 0 saturated heterocycles. The van der Waals surface area contributed by atoms with Crippen LogP contribution in [0.3, 0.4) is 0 Å². The van der Waals surface area contributed by atoms with Gasteiger partial charge in [0.1, 0.15) is 0 Å². The molecule has 4 radical (unpaired) electrons. The number of benzene rings is 3. The summed E-state index contributed by atoms with van der Waals surface area (Å²) < 4.78 is 0. The molecule has 2 heteroatoms. The highest BCUT2D eigenvalue weighted by Gasteiger charge is 2.22. The second kappa shape index (κ2) is 6.69. The maximum atomic E-state index is 3.79. The van der Waals surface area contributed by atoms with E-state index in [0.29, 0.717) is 0 Å². The lowest BCUT2D eigenvalue weighted by molar-refractivity contribution is 1.36. The van der Waals surface area contributed by atoms with Crippen molar-refractivity contribution >= 4 is 39.8 Å².